The largest absolute Gasteiger partial charge is 0.478 e. The first kappa shape index (κ1) is 25.8. The Labute approximate surface area is 207 Å². The molecule has 1 aliphatic heterocycles. The van der Waals surface area contributed by atoms with Crippen molar-refractivity contribution in [3.05, 3.63) is 75.8 Å². The topological polar surface area (TPSA) is 132 Å². The van der Waals surface area contributed by atoms with Gasteiger partial charge in [0.2, 0.25) is 0 Å². The normalized spacial score (nSPS) is 14.8. The van der Waals surface area contributed by atoms with Crippen LogP contribution in [-0.2, 0) is 9.59 Å². The van der Waals surface area contributed by atoms with Gasteiger partial charge in [0, 0.05) is 18.8 Å². The van der Waals surface area contributed by atoms with Crippen LogP contribution in [0.3, 0.4) is 0 Å². The molecule has 1 heterocycles. The van der Waals surface area contributed by atoms with E-state index in [0.717, 1.165) is 42.5 Å². The Kier molecular flexibility index (Phi) is 7.34. The molecule has 0 saturated carbocycles. The van der Waals surface area contributed by atoms with Gasteiger partial charge in [-0.15, -0.1) is 0 Å². The Morgan fingerprint density at radius 1 is 0.972 bits per heavy atom. The highest BCUT2D eigenvalue weighted by molar-refractivity contribution is 6.57. The molecular formula is C26H24N4O6. The number of aliphatic imine (C=N–C) groups is 1. The summed E-state index contributed by atoms with van der Waals surface area (Å²) < 4.78 is 0. The first-order valence-electron chi connectivity index (χ1n) is 11.1. The van der Waals surface area contributed by atoms with Crippen LogP contribution in [0.1, 0.15) is 47.1 Å². The van der Waals surface area contributed by atoms with Crippen LogP contribution in [0.4, 0.5) is 17.1 Å². The maximum Gasteiger partial charge on any atom is 0.335 e. The van der Waals surface area contributed by atoms with Crippen molar-refractivity contribution in [2.45, 2.75) is 27.7 Å². The fourth-order valence-electron chi connectivity index (χ4n) is 3.89. The summed E-state index contributed by atoms with van der Waals surface area (Å²) in [5.41, 5.74) is 0.604. The van der Waals surface area contributed by atoms with Gasteiger partial charge in [0.1, 0.15) is 5.71 Å². The molecule has 0 aliphatic carbocycles. The molecule has 10 heteroatoms. The summed E-state index contributed by atoms with van der Waals surface area (Å²) in [6.07, 6.45) is 0. The molecule has 36 heavy (non-hydrogen) atoms. The summed E-state index contributed by atoms with van der Waals surface area (Å²) in [6, 6.07) is 8.46. The van der Waals surface area contributed by atoms with Crippen LogP contribution in [0.2, 0.25) is 0 Å². The number of carbonyl (C=O) groups is 4. The molecule has 0 atom stereocenters. The third-order valence-corrected chi connectivity index (χ3v) is 5.84. The SMILES string of the molecule is [C-]#[N+]C1=C(C)C(=Nc2ccc(N(CC)CC)cc2C)C(=O)N(c2cc(C(=O)O)cc(C(=O)O)c2)C1=O. The van der Waals surface area contributed by atoms with E-state index in [1.54, 1.807) is 6.07 Å². The van der Waals surface area contributed by atoms with Crippen LogP contribution in [-0.4, -0.2) is 52.8 Å². The van der Waals surface area contributed by atoms with Crippen LogP contribution in [0.15, 0.2) is 52.7 Å². The minimum atomic E-state index is -1.44. The lowest BCUT2D eigenvalue weighted by molar-refractivity contribution is -0.121. The lowest BCUT2D eigenvalue weighted by atomic mass is 10.0. The van der Waals surface area contributed by atoms with Crippen molar-refractivity contribution in [1.82, 2.24) is 0 Å². The maximum absolute atomic E-state index is 13.5. The molecule has 0 saturated heterocycles. The van der Waals surface area contributed by atoms with E-state index in [1.165, 1.54) is 6.92 Å². The van der Waals surface area contributed by atoms with Crippen molar-refractivity contribution in [1.29, 1.82) is 0 Å². The van der Waals surface area contributed by atoms with Gasteiger partial charge in [0.05, 0.1) is 29.1 Å². The highest BCUT2D eigenvalue weighted by Crippen LogP contribution is 2.31. The average Bonchev–Trinajstić information content (AvgIpc) is 2.83. The number of amides is 2. The van der Waals surface area contributed by atoms with Gasteiger partial charge in [-0.1, -0.05) is 0 Å². The van der Waals surface area contributed by atoms with Gasteiger partial charge in [0.25, 0.3) is 17.5 Å². The Hall–Kier alpha value is -4.78. The molecular weight excluding hydrogens is 464 g/mol. The van der Waals surface area contributed by atoms with Gasteiger partial charge in [-0.2, -0.15) is 0 Å². The predicted molar refractivity (Wildman–Crippen MR) is 134 cm³/mol. The van der Waals surface area contributed by atoms with Crippen LogP contribution in [0, 0.1) is 13.5 Å². The monoisotopic (exact) mass is 488 g/mol. The van der Waals surface area contributed by atoms with E-state index >= 15 is 0 Å². The molecule has 2 N–H and O–H groups in total. The lowest BCUT2D eigenvalue weighted by Gasteiger charge is -2.27. The smallest absolute Gasteiger partial charge is 0.335 e. The molecule has 10 nitrogen and oxygen atoms in total. The van der Waals surface area contributed by atoms with Crippen molar-refractivity contribution in [2.24, 2.45) is 4.99 Å². The van der Waals surface area contributed by atoms with Crippen molar-refractivity contribution in [3.8, 4) is 0 Å². The zero-order valence-corrected chi connectivity index (χ0v) is 20.2. The van der Waals surface area contributed by atoms with E-state index in [-0.39, 0.29) is 22.7 Å². The molecule has 2 amide bonds. The van der Waals surface area contributed by atoms with E-state index in [1.807, 2.05) is 32.9 Å². The number of benzene rings is 2. The minimum absolute atomic E-state index is 0.0799. The Balaban J connectivity index is 2.19. The molecule has 0 aromatic heterocycles. The molecule has 184 valence electrons. The van der Waals surface area contributed by atoms with Crippen LogP contribution in [0.5, 0.6) is 0 Å². The number of imide groups is 1. The Bertz CT molecular complexity index is 1360. The van der Waals surface area contributed by atoms with Gasteiger partial charge in [0.15, 0.2) is 0 Å². The molecule has 0 spiro atoms. The first-order chi connectivity index (χ1) is 17.0. The molecule has 2 aromatic rings. The fraction of sp³-hybridized carbons (Fsp3) is 0.231. The van der Waals surface area contributed by atoms with Crippen molar-refractivity contribution in [2.75, 3.05) is 22.9 Å². The molecule has 0 radical (unpaired) electrons. The third-order valence-electron chi connectivity index (χ3n) is 5.84. The molecule has 0 bridgehead atoms. The van der Waals surface area contributed by atoms with Crippen molar-refractivity contribution in [3.63, 3.8) is 0 Å². The van der Waals surface area contributed by atoms with E-state index in [2.05, 4.69) is 14.7 Å². The summed E-state index contributed by atoms with van der Waals surface area (Å²) in [4.78, 5) is 60.1. The Morgan fingerprint density at radius 3 is 2.03 bits per heavy atom. The van der Waals surface area contributed by atoms with Crippen molar-refractivity contribution < 1.29 is 29.4 Å². The zero-order chi connectivity index (χ0) is 26.7. The van der Waals surface area contributed by atoms with Gasteiger partial charge in [-0.05, 0) is 75.2 Å². The molecule has 1 aliphatic rings. The number of hydrogen-bond donors (Lipinski definition) is 2. The van der Waals surface area contributed by atoms with Crippen molar-refractivity contribution >= 4 is 46.5 Å². The molecule has 3 rings (SSSR count). The average molecular weight is 489 g/mol. The zero-order valence-electron chi connectivity index (χ0n) is 20.2. The number of rotatable bonds is 7. The van der Waals surface area contributed by atoms with Gasteiger partial charge in [-0.25, -0.2) is 19.4 Å². The van der Waals surface area contributed by atoms with E-state index in [4.69, 9.17) is 6.57 Å². The van der Waals surface area contributed by atoms with Crippen LogP contribution in [0.25, 0.3) is 4.85 Å². The number of carboxylic acids is 2. The number of nitrogens with zero attached hydrogens (tertiary/aromatic N) is 4. The summed E-state index contributed by atoms with van der Waals surface area (Å²) in [6.45, 7) is 16.4. The highest BCUT2D eigenvalue weighted by Gasteiger charge is 2.38. The highest BCUT2D eigenvalue weighted by atomic mass is 16.4. The van der Waals surface area contributed by atoms with Crippen LogP contribution >= 0.6 is 0 Å². The van der Waals surface area contributed by atoms with E-state index in [0.29, 0.717) is 10.6 Å². The lowest BCUT2D eigenvalue weighted by Crippen LogP contribution is -2.46. The quantitative estimate of drug-likeness (QED) is 0.443. The third kappa shape index (κ3) is 4.72. The van der Waals surface area contributed by atoms with Gasteiger partial charge in [-0.3, -0.25) is 14.5 Å². The molecule has 2 aromatic carbocycles. The van der Waals surface area contributed by atoms with Gasteiger partial charge >= 0.3 is 11.9 Å². The summed E-state index contributed by atoms with van der Waals surface area (Å²) in [5, 5.41) is 18.8. The number of aryl methyl sites for hydroxylation is 1. The fourth-order valence-corrected chi connectivity index (χ4v) is 3.89. The van der Waals surface area contributed by atoms with Crippen LogP contribution < -0.4 is 9.80 Å². The minimum Gasteiger partial charge on any atom is -0.478 e. The summed E-state index contributed by atoms with van der Waals surface area (Å²) in [5.74, 6) is -4.76. The standard InChI is InChI=1S/C26H24N4O6/c1-6-29(7-2)18-8-9-20(14(3)10-18)28-22-15(4)21(27-5)23(31)30(24(22)32)19-12-16(25(33)34)11-17(13-19)26(35)36/h8-13H,6-7H2,1-4H3,(H,33,34)(H,35,36). The van der Waals surface area contributed by atoms with Gasteiger partial charge < -0.3 is 15.1 Å². The summed E-state index contributed by atoms with van der Waals surface area (Å²) >= 11 is 0. The molecule has 0 unspecified atom stereocenters. The molecule has 0 fully saturated rings. The predicted octanol–water partition coefficient (Wildman–Crippen LogP) is 4.08. The second-order valence-electron chi connectivity index (χ2n) is 8.01. The van der Waals surface area contributed by atoms with E-state index in [9.17, 15) is 29.4 Å². The number of carbonyl (C=O) groups excluding carboxylic acids is 2. The number of carboxylic acid groups (broad SMARTS) is 2. The Morgan fingerprint density at radius 2 is 1.56 bits per heavy atom. The second kappa shape index (κ2) is 10.2. The van der Waals surface area contributed by atoms with E-state index < -0.39 is 34.9 Å². The summed E-state index contributed by atoms with van der Waals surface area (Å²) in [7, 11) is 0. The first-order valence-corrected chi connectivity index (χ1v) is 11.1. The second-order valence-corrected chi connectivity index (χ2v) is 8.01. The number of anilines is 2. The maximum atomic E-state index is 13.5. The number of aromatic carboxylic acids is 2. The number of hydrogen-bond acceptors (Lipinski definition) is 6.